The highest BCUT2D eigenvalue weighted by Crippen LogP contribution is 2.43. The van der Waals surface area contributed by atoms with Crippen molar-refractivity contribution in [2.45, 2.75) is 6.10 Å². The summed E-state index contributed by atoms with van der Waals surface area (Å²) in [7, 11) is 0. The quantitative estimate of drug-likeness (QED) is 0.801. The number of ether oxygens (including phenoxy) is 1. The van der Waals surface area contributed by atoms with Crippen LogP contribution in [0.15, 0.2) is 40.8 Å². The number of nitrogens with two attached hydrogens (primary N) is 1. The van der Waals surface area contributed by atoms with Crippen molar-refractivity contribution in [2.24, 2.45) is 5.73 Å². The molecular formula is C14H6Cl2N4O. The van der Waals surface area contributed by atoms with Gasteiger partial charge in [0.2, 0.25) is 5.88 Å². The predicted octanol–water partition coefficient (Wildman–Crippen LogP) is 3.10. The highest BCUT2D eigenvalue weighted by Gasteiger charge is 2.35. The Morgan fingerprint density at radius 3 is 2.38 bits per heavy atom. The van der Waals surface area contributed by atoms with Crippen molar-refractivity contribution >= 4 is 23.2 Å². The van der Waals surface area contributed by atoms with Crippen molar-refractivity contribution in [3.05, 3.63) is 56.4 Å². The Kier molecular flexibility index (Phi) is 4.05. The third kappa shape index (κ3) is 2.51. The summed E-state index contributed by atoms with van der Waals surface area (Å²) in [6.07, 6.45) is -0.890. The van der Waals surface area contributed by atoms with Gasteiger partial charge in [-0.05, 0) is 12.1 Å². The average Bonchev–Trinajstić information content (AvgIpc) is 2.77. The summed E-state index contributed by atoms with van der Waals surface area (Å²) in [4.78, 5) is 0. The first-order valence-corrected chi connectivity index (χ1v) is 6.35. The second-order valence-corrected chi connectivity index (χ2v) is 4.87. The van der Waals surface area contributed by atoms with Gasteiger partial charge < -0.3 is 10.5 Å². The van der Waals surface area contributed by atoms with Crippen LogP contribution in [0.1, 0.15) is 11.7 Å². The van der Waals surface area contributed by atoms with E-state index in [0.29, 0.717) is 10.6 Å². The molecule has 0 bridgehead atoms. The van der Waals surface area contributed by atoms with E-state index in [0.717, 1.165) is 0 Å². The fourth-order valence-electron chi connectivity index (χ4n) is 1.96. The molecular weight excluding hydrogens is 311 g/mol. The van der Waals surface area contributed by atoms with Crippen molar-refractivity contribution in [3.8, 4) is 18.2 Å². The number of nitrogens with zero attached hydrogens (tertiary/aromatic N) is 3. The van der Waals surface area contributed by atoms with Gasteiger partial charge in [0.1, 0.15) is 29.4 Å². The molecule has 0 amide bonds. The molecule has 0 aliphatic carbocycles. The smallest absolute Gasteiger partial charge is 0.203 e. The van der Waals surface area contributed by atoms with Crippen LogP contribution in [0.5, 0.6) is 0 Å². The highest BCUT2D eigenvalue weighted by molar-refractivity contribution is 6.35. The molecule has 1 aliphatic heterocycles. The lowest BCUT2D eigenvalue weighted by molar-refractivity contribution is 0.166. The van der Waals surface area contributed by atoms with Gasteiger partial charge in [0, 0.05) is 21.2 Å². The van der Waals surface area contributed by atoms with Gasteiger partial charge in [-0.3, -0.25) is 0 Å². The van der Waals surface area contributed by atoms with E-state index >= 15 is 0 Å². The van der Waals surface area contributed by atoms with E-state index in [2.05, 4.69) is 0 Å². The third-order valence-electron chi connectivity index (χ3n) is 2.87. The van der Waals surface area contributed by atoms with Crippen molar-refractivity contribution in [3.63, 3.8) is 0 Å². The molecule has 0 fully saturated rings. The summed E-state index contributed by atoms with van der Waals surface area (Å²) in [6.45, 7) is 0. The summed E-state index contributed by atoms with van der Waals surface area (Å²) in [5.74, 6) is -0.147. The number of nitriles is 3. The number of benzene rings is 1. The van der Waals surface area contributed by atoms with Crippen LogP contribution in [0, 0.1) is 34.0 Å². The van der Waals surface area contributed by atoms with Gasteiger partial charge in [-0.25, -0.2) is 0 Å². The highest BCUT2D eigenvalue weighted by atomic mass is 35.5. The number of hydrogen-bond donors (Lipinski definition) is 1. The Hall–Kier alpha value is -2.65. The first-order chi connectivity index (χ1) is 10.0. The van der Waals surface area contributed by atoms with Crippen LogP contribution in [0.2, 0.25) is 10.0 Å². The topological polar surface area (TPSA) is 107 Å². The Bertz CT molecular complexity index is 790. The van der Waals surface area contributed by atoms with E-state index in [4.69, 9.17) is 49.5 Å². The first-order valence-electron chi connectivity index (χ1n) is 5.59. The van der Waals surface area contributed by atoms with E-state index in [-0.39, 0.29) is 27.6 Å². The summed E-state index contributed by atoms with van der Waals surface area (Å²) in [5, 5.41) is 28.0. The average molecular weight is 317 g/mol. The van der Waals surface area contributed by atoms with Gasteiger partial charge in [-0.2, -0.15) is 15.8 Å². The lowest BCUT2D eigenvalue weighted by Crippen LogP contribution is -2.05. The van der Waals surface area contributed by atoms with Crippen molar-refractivity contribution in [2.75, 3.05) is 0 Å². The Labute approximate surface area is 130 Å². The molecule has 0 saturated heterocycles. The molecule has 1 heterocycles. The van der Waals surface area contributed by atoms with Gasteiger partial charge in [0.25, 0.3) is 0 Å². The SMILES string of the molecule is N#CC(C#N)=C1C(C#N)=C(N)OC1c1ccc(Cl)cc1Cl. The maximum Gasteiger partial charge on any atom is 0.203 e. The number of halogens is 2. The predicted molar refractivity (Wildman–Crippen MR) is 75.4 cm³/mol. The van der Waals surface area contributed by atoms with Crippen LogP contribution in [0.4, 0.5) is 0 Å². The summed E-state index contributed by atoms with van der Waals surface area (Å²) < 4.78 is 5.42. The van der Waals surface area contributed by atoms with Crippen LogP contribution in [0.3, 0.4) is 0 Å². The van der Waals surface area contributed by atoms with Crippen molar-refractivity contribution in [1.82, 2.24) is 0 Å². The van der Waals surface area contributed by atoms with Crippen molar-refractivity contribution < 1.29 is 4.74 Å². The largest absolute Gasteiger partial charge is 0.465 e. The lowest BCUT2D eigenvalue weighted by Gasteiger charge is -2.15. The zero-order valence-corrected chi connectivity index (χ0v) is 11.9. The van der Waals surface area contributed by atoms with Crippen LogP contribution in [0.25, 0.3) is 0 Å². The van der Waals surface area contributed by atoms with Crippen LogP contribution >= 0.6 is 23.2 Å². The monoisotopic (exact) mass is 316 g/mol. The first kappa shape index (κ1) is 14.8. The molecule has 1 atom stereocenters. The molecule has 7 heteroatoms. The lowest BCUT2D eigenvalue weighted by atomic mass is 9.94. The van der Waals surface area contributed by atoms with Gasteiger partial charge in [-0.1, -0.05) is 29.3 Å². The Morgan fingerprint density at radius 1 is 1.19 bits per heavy atom. The molecule has 0 spiro atoms. The van der Waals surface area contributed by atoms with Crippen LogP contribution in [-0.4, -0.2) is 0 Å². The molecule has 102 valence electrons. The second-order valence-electron chi connectivity index (χ2n) is 4.03. The molecule has 2 rings (SSSR count). The maximum atomic E-state index is 9.15. The van der Waals surface area contributed by atoms with Gasteiger partial charge in [-0.15, -0.1) is 0 Å². The number of hydrogen-bond acceptors (Lipinski definition) is 5. The maximum absolute atomic E-state index is 9.15. The fraction of sp³-hybridized carbons (Fsp3) is 0.0714. The summed E-state index contributed by atoms with van der Waals surface area (Å²) in [6, 6.07) is 10.00. The second kappa shape index (κ2) is 5.77. The zero-order valence-electron chi connectivity index (χ0n) is 10.4. The third-order valence-corrected chi connectivity index (χ3v) is 3.43. The van der Waals surface area contributed by atoms with Crippen LogP contribution < -0.4 is 5.73 Å². The Morgan fingerprint density at radius 2 is 1.86 bits per heavy atom. The van der Waals surface area contributed by atoms with Gasteiger partial charge in [0.05, 0.1) is 0 Å². The van der Waals surface area contributed by atoms with E-state index in [1.807, 2.05) is 6.07 Å². The standard InChI is InChI=1S/C14H6Cl2N4O/c15-8-1-2-9(11(16)3-8)13-12(7(4-17)5-18)10(6-19)14(20)21-13/h1-3,13H,20H2. The van der Waals surface area contributed by atoms with E-state index in [1.165, 1.54) is 6.07 Å². The Balaban J connectivity index is 2.67. The van der Waals surface area contributed by atoms with Gasteiger partial charge >= 0.3 is 0 Å². The molecule has 0 radical (unpaired) electrons. The van der Waals surface area contributed by atoms with E-state index in [9.17, 15) is 0 Å². The summed E-state index contributed by atoms with van der Waals surface area (Å²) in [5.41, 5.74) is 5.94. The molecule has 1 aromatic rings. The van der Waals surface area contributed by atoms with Crippen LogP contribution in [-0.2, 0) is 4.74 Å². The molecule has 21 heavy (non-hydrogen) atoms. The molecule has 5 nitrogen and oxygen atoms in total. The van der Waals surface area contributed by atoms with Gasteiger partial charge in [0.15, 0.2) is 6.10 Å². The molecule has 2 N–H and O–H groups in total. The minimum Gasteiger partial charge on any atom is -0.465 e. The molecule has 0 saturated carbocycles. The molecule has 0 aromatic heterocycles. The minimum absolute atomic E-state index is 0.0379. The normalized spacial score (nSPS) is 16.7. The van der Waals surface area contributed by atoms with E-state index < -0.39 is 6.10 Å². The minimum atomic E-state index is -0.890. The summed E-state index contributed by atoms with van der Waals surface area (Å²) >= 11 is 11.9. The molecule has 1 unspecified atom stereocenters. The number of rotatable bonds is 1. The number of allylic oxidation sites excluding steroid dienone is 1. The van der Waals surface area contributed by atoms with E-state index in [1.54, 1.807) is 24.3 Å². The molecule has 1 aliphatic rings. The zero-order chi connectivity index (χ0) is 15.6. The fourth-order valence-corrected chi connectivity index (χ4v) is 2.47. The van der Waals surface area contributed by atoms with Crippen molar-refractivity contribution in [1.29, 1.82) is 15.8 Å². The molecule has 1 aromatic carbocycles.